The van der Waals surface area contributed by atoms with Gasteiger partial charge in [-0.25, -0.2) is 0 Å². The number of ether oxygens (including phenoxy) is 7. The standard InChI is InChI=1S/C40H44O13/c1-47-32-16-23(6-8-29(32)43)37(45)36(19-42)52-31-10-5-21(14-34(31)49-3)11-25-20-51-40(46)26(25)12-22-13-27-28(18-41)38(53-39(27)35(15-22)50-4)24-7-9-30(44)33(17-24)48-2/h5-10,13-17,25-26,28,36-38,41-45H,11-12,18-20H2,1-4H3/t25-,26+,28-,36-,37+,38+/m0/s1. The smallest absolute Gasteiger partial charge is 0.309 e. The Hall–Kier alpha value is -5.37. The van der Waals surface area contributed by atoms with Crippen LogP contribution in [-0.4, -0.2) is 85.9 Å². The van der Waals surface area contributed by atoms with Crippen LogP contribution < -0.4 is 28.4 Å². The zero-order chi connectivity index (χ0) is 37.8. The number of hydrogen-bond acceptors (Lipinski definition) is 13. The first kappa shape index (κ1) is 37.4. The van der Waals surface area contributed by atoms with Gasteiger partial charge in [-0.05, 0) is 77.6 Å². The number of phenols is 2. The van der Waals surface area contributed by atoms with E-state index in [9.17, 15) is 30.3 Å². The molecule has 2 aliphatic heterocycles. The Morgan fingerprint density at radius 3 is 2.09 bits per heavy atom. The zero-order valence-corrected chi connectivity index (χ0v) is 29.9. The number of fused-ring (bicyclic) bond motifs is 1. The van der Waals surface area contributed by atoms with Gasteiger partial charge in [0.05, 0.1) is 60.1 Å². The van der Waals surface area contributed by atoms with E-state index in [4.69, 9.17) is 33.2 Å². The number of benzene rings is 4. The number of carbonyl (C=O) groups is 1. The molecular weight excluding hydrogens is 688 g/mol. The number of aromatic hydroxyl groups is 2. The van der Waals surface area contributed by atoms with Gasteiger partial charge in [-0.1, -0.05) is 24.3 Å². The van der Waals surface area contributed by atoms with Gasteiger partial charge in [0.15, 0.2) is 52.1 Å². The van der Waals surface area contributed by atoms with E-state index in [2.05, 4.69) is 0 Å². The highest BCUT2D eigenvalue weighted by Gasteiger charge is 2.40. The molecule has 0 saturated carbocycles. The normalized spacial score (nSPS) is 20.2. The molecule has 2 heterocycles. The summed E-state index contributed by atoms with van der Waals surface area (Å²) >= 11 is 0. The van der Waals surface area contributed by atoms with Gasteiger partial charge >= 0.3 is 5.97 Å². The number of rotatable bonds is 15. The van der Waals surface area contributed by atoms with E-state index in [1.165, 1.54) is 52.7 Å². The molecule has 6 rings (SSSR count). The topological polar surface area (TPSA) is 183 Å². The van der Waals surface area contributed by atoms with Crippen LogP contribution in [0.4, 0.5) is 0 Å². The predicted octanol–water partition coefficient (Wildman–Crippen LogP) is 4.39. The monoisotopic (exact) mass is 732 g/mol. The van der Waals surface area contributed by atoms with Crippen molar-refractivity contribution in [3.63, 3.8) is 0 Å². The number of cyclic esters (lactones) is 1. The summed E-state index contributed by atoms with van der Waals surface area (Å²) in [6, 6.07) is 18.4. The molecule has 0 spiro atoms. The van der Waals surface area contributed by atoms with Crippen LogP contribution in [-0.2, 0) is 22.4 Å². The summed E-state index contributed by atoms with van der Waals surface area (Å²) in [5.74, 6) is 0.629. The molecule has 0 radical (unpaired) electrons. The highest BCUT2D eigenvalue weighted by molar-refractivity contribution is 5.75. The molecule has 1 fully saturated rings. The summed E-state index contributed by atoms with van der Waals surface area (Å²) in [5.41, 5.74) is 3.52. The van der Waals surface area contributed by atoms with Crippen LogP contribution in [0.25, 0.3) is 0 Å². The van der Waals surface area contributed by atoms with Crippen LogP contribution in [0.3, 0.4) is 0 Å². The van der Waals surface area contributed by atoms with Gasteiger partial charge < -0.3 is 58.7 Å². The molecule has 0 bridgehead atoms. The third-order valence-corrected chi connectivity index (χ3v) is 9.95. The second kappa shape index (κ2) is 16.1. The van der Waals surface area contributed by atoms with Crippen LogP contribution in [0, 0.1) is 11.8 Å². The number of carbonyl (C=O) groups excluding carboxylic acids is 1. The SMILES string of the molecule is COc1cc([C@@H](O)[C@H](CO)Oc2ccc(C[C@H]3COC(=O)[C@@H]3Cc3cc(OC)c4c(c3)[C@H](CO)[C@@H](c3ccc(O)c(OC)c3)O4)cc2OC)ccc1O. The Kier molecular flexibility index (Phi) is 11.4. The Balaban J connectivity index is 1.19. The maximum atomic E-state index is 13.1. The minimum Gasteiger partial charge on any atom is -0.504 e. The second-order valence-electron chi connectivity index (χ2n) is 13.1. The first-order valence-corrected chi connectivity index (χ1v) is 17.1. The lowest BCUT2D eigenvalue weighted by molar-refractivity contribution is -0.141. The van der Waals surface area contributed by atoms with Crippen molar-refractivity contribution in [1.29, 1.82) is 0 Å². The molecule has 53 heavy (non-hydrogen) atoms. The molecule has 0 aliphatic carbocycles. The Morgan fingerprint density at radius 2 is 1.42 bits per heavy atom. The highest BCUT2D eigenvalue weighted by atomic mass is 16.5. The molecule has 282 valence electrons. The van der Waals surface area contributed by atoms with Gasteiger partial charge in [-0.15, -0.1) is 0 Å². The number of aliphatic hydroxyl groups is 3. The number of hydrogen-bond donors (Lipinski definition) is 5. The van der Waals surface area contributed by atoms with Gasteiger partial charge in [-0.3, -0.25) is 4.79 Å². The van der Waals surface area contributed by atoms with Crippen molar-refractivity contribution in [2.24, 2.45) is 11.8 Å². The highest BCUT2D eigenvalue weighted by Crippen LogP contribution is 2.52. The van der Waals surface area contributed by atoms with Gasteiger partial charge in [0.1, 0.15) is 12.2 Å². The van der Waals surface area contributed by atoms with E-state index in [-0.39, 0.29) is 48.1 Å². The molecule has 0 amide bonds. The lowest BCUT2D eigenvalue weighted by Gasteiger charge is -2.24. The maximum Gasteiger partial charge on any atom is 0.309 e. The molecule has 13 nitrogen and oxygen atoms in total. The van der Waals surface area contributed by atoms with Gasteiger partial charge in [0, 0.05) is 11.5 Å². The average molecular weight is 733 g/mol. The van der Waals surface area contributed by atoms with Crippen molar-refractivity contribution < 1.29 is 63.5 Å². The molecule has 2 aliphatic rings. The Bertz CT molecular complexity index is 1930. The number of phenolic OH excluding ortho intramolecular Hbond substituents is 2. The molecule has 4 aromatic carbocycles. The summed E-state index contributed by atoms with van der Waals surface area (Å²) in [6.45, 7) is -0.496. The summed E-state index contributed by atoms with van der Waals surface area (Å²) in [4.78, 5) is 13.1. The van der Waals surface area contributed by atoms with E-state index < -0.39 is 36.8 Å². The molecule has 0 unspecified atom stereocenters. The van der Waals surface area contributed by atoms with Crippen molar-refractivity contribution in [2.45, 2.75) is 37.1 Å². The third kappa shape index (κ3) is 7.59. The maximum absolute atomic E-state index is 13.1. The van der Waals surface area contributed by atoms with Crippen LogP contribution >= 0.6 is 0 Å². The fourth-order valence-electron chi connectivity index (χ4n) is 7.10. The van der Waals surface area contributed by atoms with Crippen LogP contribution in [0.15, 0.2) is 66.7 Å². The van der Waals surface area contributed by atoms with Crippen molar-refractivity contribution in [3.05, 3.63) is 94.5 Å². The van der Waals surface area contributed by atoms with E-state index in [1.54, 1.807) is 24.3 Å². The minimum absolute atomic E-state index is 0.00767. The van der Waals surface area contributed by atoms with Gasteiger partial charge in [0.2, 0.25) is 0 Å². The van der Waals surface area contributed by atoms with E-state index in [1.807, 2.05) is 18.2 Å². The third-order valence-electron chi connectivity index (χ3n) is 9.95. The van der Waals surface area contributed by atoms with Gasteiger partial charge in [0.25, 0.3) is 0 Å². The second-order valence-corrected chi connectivity index (χ2v) is 13.1. The fraction of sp³-hybridized carbons (Fsp3) is 0.375. The minimum atomic E-state index is -1.25. The van der Waals surface area contributed by atoms with E-state index in [0.29, 0.717) is 47.0 Å². The van der Waals surface area contributed by atoms with E-state index >= 15 is 0 Å². The molecule has 6 atom stereocenters. The molecule has 5 N–H and O–H groups in total. The summed E-state index contributed by atoms with van der Waals surface area (Å²) in [7, 11) is 5.88. The lowest BCUT2D eigenvalue weighted by Crippen LogP contribution is -2.29. The molecule has 13 heteroatoms. The largest absolute Gasteiger partial charge is 0.504 e. The van der Waals surface area contributed by atoms with Crippen LogP contribution in [0.2, 0.25) is 0 Å². The summed E-state index contributed by atoms with van der Waals surface area (Å²) in [5, 5.41) is 51.6. The first-order chi connectivity index (χ1) is 25.6. The number of aliphatic hydroxyl groups excluding tert-OH is 3. The Morgan fingerprint density at radius 1 is 0.736 bits per heavy atom. The summed E-state index contributed by atoms with van der Waals surface area (Å²) in [6.07, 6.45) is -2.03. The zero-order valence-electron chi connectivity index (χ0n) is 29.9. The van der Waals surface area contributed by atoms with Crippen molar-refractivity contribution in [1.82, 2.24) is 0 Å². The van der Waals surface area contributed by atoms with Gasteiger partial charge in [-0.2, -0.15) is 0 Å². The number of methoxy groups -OCH3 is 4. The predicted molar refractivity (Wildman–Crippen MR) is 190 cm³/mol. The van der Waals surface area contributed by atoms with Crippen molar-refractivity contribution in [2.75, 3.05) is 48.3 Å². The first-order valence-electron chi connectivity index (χ1n) is 17.1. The molecular formula is C40H44O13. The Labute approximate surface area is 306 Å². The molecule has 0 aromatic heterocycles. The van der Waals surface area contributed by atoms with Crippen LogP contribution in [0.5, 0.6) is 46.0 Å². The lowest BCUT2D eigenvalue weighted by atomic mass is 9.83. The van der Waals surface area contributed by atoms with Crippen molar-refractivity contribution >= 4 is 5.97 Å². The molecule has 4 aromatic rings. The summed E-state index contributed by atoms with van der Waals surface area (Å²) < 4.78 is 39.7. The fourth-order valence-corrected chi connectivity index (χ4v) is 7.10. The molecule has 1 saturated heterocycles. The average Bonchev–Trinajstić information content (AvgIpc) is 3.72. The number of esters is 1. The van der Waals surface area contributed by atoms with Crippen LogP contribution in [0.1, 0.15) is 45.9 Å². The van der Waals surface area contributed by atoms with Crippen molar-refractivity contribution in [3.8, 4) is 46.0 Å². The van der Waals surface area contributed by atoms with E-state index in [0.717, 1.165) is 16.7 Å². The quantitative estimate of drug-likeness (QED) is 0.109.